The Morgan fingerprint density at radius 1 is 0.947 bits per heavy atom. The molecular formula is C16H21N3. The molecular weight excluding hydrogens is 234 g/mol. The maximum absolute atomic E-state index is 6.14. The highest BCUT2D eigenvalue weighted by Gasteiger charge is 2.04. The SMILES string of the molecule is NCCc1ccc(NCC(N)c2ccccc2)cc1. The molecule has 0 aliphatic heterocycles. The van der Waals surface area contributed by atoms with E-state index < -0.39 is 0 Å². The molecule has 0 aromatic heterocycles. The van der Waals surface area contributed by atoms with Crippen molar-refractivity contribution in [1.82, 2.24) is 0 Å². The van der Waals surface area contributed by atoms with Gasteiger partial charge in [-0.1, -0.05) is 42.5 Å². The topological polar surface area (TPSA) is 64.1 Å². The number of hydrogen-bond donors (Lipinski definition) is 3. The first kappa shape index (κ1) is 13.6. The molecule has 0 aliphatic carbocycles. The molecule has 0 heterocycles. The van der Waals surface area contributed by atoms with E-state index in [2.05, 4.69) is 41.7 Å². The predicted octanol–water partition coefficient (Wildman–Crippen LogP) is 2.30. The van der Waals surface area contributed by atoms with Crippen molar-refractivity contribution in [1.29, 1.82) is 0 Å². The zero-order valence-electron chi connectivity index (χ0n) is 11.0. The second kappa shape index (κ2) is 6.92. The van der Waals surface area contributed by atoms with Crippen LogP contribution in [0.25, 0.3) is 0 Å². The Balaban J connectivity index is 1.88. The molecule has 1 unspecified atom stereocenters. The summed E-state index contributed by atoms with van der Waals surface area (Å²) in [6.07, 6.45) is 0.920. The second-order valence-electron chi connectivity index (χ2n) is 4.63. The van der Waals surface area contributed by atoms with Gasteiger partial charge in [0.25, 0.3) is 0 Å². The average molecular weight is 255 g/mol. The summed E-state index contributed by atoms with van der Waals surface area (Å²) in [4.78, 5) is 0. The van der Waals surface area contributed by atoms with Gasteiger partial charge in [0.2, 0.25) is 0 Å². The molecule has 100 valence electrons. The Morgan fingerprint density at radius 3 is 2.26 bits per heavy atom. The second-order valence-corrected chi connectivity index (χ2v) is 4.63. The van der Waals surface area contributed by atoms with Gasteiger partial charge in [0, 0.05) is 18.3 Å². The van der Waals surface area contributed by atoms with Crippen molar-refractivity contribution in [3.8, 4) is 0 Å². The summed E-state index contributed by atoms with van der Waals surface area (Å²) in [5.74, 6) is 0. The third-order valence-corrected chi connectivity index (χ3v) is 3.14. The third kappa shape index (κ3) is 4.09. The lowest BCUT2D eigenvalue weighted by molar-refractivity contribution is 0.764. The highest BCUT2D eigenvalue weighted by atomic mass is 14.9. The van der Waals surface area contributed by atoms with Gasteiger partial charge in [0.1, 0.15) is 0 Å². The summed E-state index contributed by atoms with van der Waals surface area (Å²) in [6.45, 7) is 1.41. The molecule has 0 spiro atoms. The van der Waals surface area contributed by atoms with Crippen LogP contribution in [0.1, 0.15) is 17.2 Å². The van der Waals surface area contributed by atoms with Crippen LogP contribution >= 0.6 is 0 Å². The number of rotatable bonds is 6. The van der Waals surface area contributed by atoms with Gasteiger partial charge in [-0.05, 0) is 36.2 Å². The molecule has 19 heavy (non-hydrogen) atoms. The average Bonchev–Trinajstić information content (AvgIpc) is 2.47. The molecule has 1 atom stereocenters. The molecule has 0 aliphatic rings. The van der Waals surface area contributed by atoms with Crippen LogP contribution in [0.4, 0.5) is 5.69 Å². The fourth-order valence-corrected chi connectivity index (χ4v) is 2.00. The largest absolute Gasteiger partial charge is 0.383 e. The van der Waals surface area contributed by atoms with E-state index in [1.807, 2.05) is 18.2 Å². The number of nitrogens with one attached hydrogen (secondary N) is 1. The van der Waals surface area contributed by atoms with Crippen LogP contribution < -0.4 is 16.8 Å². The van der Waals surface area contributed by atoms with Crippen molar-refractivity contribution in [3.05, 3.63) is 65.7 Å². The fraction of sp³-hybridized carbons (Fsp3) is 0.250. The highest BCUT2D eigenvalue weighted by Crippen LogP contribution is 2.13. The summed E-state index contributed by atoms with van der Waals surface area (Å²) < 4.78 is 0. The first-order valence-corrected chi connectivity index (χ1v) is 6.63. The zero-order valence-corrected chi connectivity index (χ0v) is 11.0. The Hall–Kier alpha value is -1.84. The first-order valence-electron chi connectivity index (χ1n) is 6.63. The minimum Gasteiger partial charge on any atom is -0.383 e. The molecule has 0 saturated heterocycles. The summed E-state index contributed by atoms with van der Waals surface area (Å²) in [6, 6.07) is 18.5. The van der Waals surface area contributed by atoms with Crippen molar-refractivity contribution in [2.75, 3.05) is 18.4 Å². The Kier molecular flexibility index (Phi) is 4.95. The van der Waals surface area contributed by atoms with Gasteiger partial charge in [0.05, 0.1) is 0 Å². The lowest BCUT2D eigenvalue weighted by Gasteiger charge is -2.14. The van der Waals surface area contributed by atoms with Crippen molar-refractivity contribution >= 4 is 5.69 Å². The molecule has 2 aromatic carbocycles. The van der Waals surface area contributed by atoms with Gasteiger partial charge in [0.15, 0.2) is 0 Å². The van der Waals surface area contributed by atoms with E-state index in [0.29, 0.717) is 6.54 Å². The number of benzene rings is 2. The third-order valence-electron chi connectivity index (χ3n) is 3.14. The highest BCUT2D eigenvalue weighted by molar-refractivity contribution is 5.45. The molecule has 0 saturated carbocycles. The monoisotopic (exact) mass is 255 g/mol. The van der Waals surface area contributed by atoms with Gasteiger partial charge in [-0.15, -0.1) is 0 Å². The van der Waals surface area contributed by atoms with E-state index in [4.69, 9.17) is 11.5 Å². The van der Waals surface area contributed by atoms with Crippen molar-refractivity contribution in [3.63, 3.8) is 0 Å². The van der Waals surface area contributed by atoms with Crippen LogP contribution in [0.15, 0.2) is 54.6 Å². The summed E-state index contributed by atoms with van der Waals surface area (Å²) in [5, 5.41) is 3.36. The van der Waals surface area contributed by atoms with Gasteiger partial charge in [-0.2, -0.15) is 0 Å². The van der Waals surface area contributed by atoms with E-state index in [0.717, 1.165) is 24.2 Å². The van der Waals surface area contributed by atoms with Crippen LogP contribution in [0.5, 0.6) is 0 Å². The van der Waals surface area contributed by atoms with E-state index in [-0.39, 0.29) is 6.04 Å². The van der Waals surface area contributed by atoms with Crippen LogP contribution in [-0.2, 0) is 6.42 Å². The summed E-state index contributed by atoms with van der Waals surface area (Å²) >= 11 is 0. The summed E-state index contributed by atoms with van der Waals surface area (Å²) in [7, 11) is 0. The van der Waals surface area contributed by atoms with Crippen molar-refractivity contribution in [2.45, 2.75) is 12.5 Å². The lowest BCUT2D eigenvalue weighted by Crippen LogP contribution is -2.20. The zero-order chi connectivity index (χ0) is 13.5. The summed E-state index contributed by atoms with van der Waals surface area (Å²) in [5.41, 5.74) is 15.2. The molecule has 3 heteroatoms. The number of nitrogens with two attached hydrogens (primary N) is 2. The minimum atomic E-state index is 0.00455. The Labute approximate surface area is 114 Å². The van der Waals surface area contributed by atoms with Crippen molar-refractivity contribution < 1.29 is 0 Å². The fourth-order valence-electron chi connectivity index (χ4n) is 2.00. The van der Waals surface area contributed by atoms with Crippen LogP contribution in [0.2, 0.25) is 0 Å². The standard InChI is InChI=1S/C16H21N3/c17-11-10-13-6-8-15(9-7-13)19-12-16(18)14-4-2-1-3-5-14/h1-9,16,19H,10-12,17-18H2. The normalized spacial score (nSPS) is 12.1. The molecule has 2 rings (SSSR count). The van der Waals surface area contributed by atoms with Gasteiger partial charge in [-0.25, -0.2) is 0 Å². The maximum atomic E-state index is 6.14. The molecule has 0 bridgehead atoms. The van der Waals surface area contributed by atoms with Crippen LogP contribution in [0, 0.1) is 0 Å². The minimum absolute atomic E-state index is 0.00455. The molecule has 0 amide bonds. The first-order chi connectivity index (χ1) is 9.29. The van der Waals surface area contributed by atoms with E-state index >= 15 is 0 Å². The predicted molar refractivity (Wildman–Crippen MR) is 81.1 cm³/mol. The molecule has 0 radical (unpaired) electrons. The van der Waals surface area contributed by atoms with Gasteiger partial charge >= 0.3 is 0 Å². The molecule has 3 nitrogen and oxygen atoms in total. The van der Waals surface area contributed by atoms with E-state index in [9.17, 15) is 0 Å². The molecule has 5 N–H and O–H groups in total. The number of hydrogen-bond acceptors (Lipinski definition) is 3. The maximum Gasteiger partial charge on any atom is 0.0470 e. The molecule has 2 aromatic rings. The number of anilines is 1. The Bertz CT molecular complexity index is 479. The van der Waals surface area contributed by atoms with Crippen LogP contribution in [0.3, 0.4) is 0 Å². The van der Waals surface area contributed by atoms with Gasteiger partial charge in [-0.3, -0.25) is 0 Å². The van der Waals surface area contributed by atoms with Crippen molar-refractivity contribution in [2.24, 2.45) is 11.5 Å². The van der Waals surface area contributed by atoms with Gasteiger partial charge < -0.3 is 16.8 Å². The smallest absolute Gasteiger partial charge is 0.0470 e. The Morgan fingerprint density at radius 2 is 1.63 bits per heavy atom. The quantitative estimate of drug-likeness (QED) is 0.742. The van der Waals surface area contributed by atoms with E-state index in [1.54, 1.807) is 0 Å². The van der Waals surface area contributed by atoms with Crippen LogP contribution in [-0.4, -0.2) is 13.1 Å². The van der Waals surface area contributed by atoms with E-state index in [1.165, 1.54) is 5.56 Å². The lowest BCUT2D eigenvalue weighted by atomic mass is 10.1. The molecule has 0 fully saturated rings.